The molecule has 1 aliphatic heterocycles. The Hall–Kier alpha value is -1.79. The predicted molar refractivity (Wildman–Crippen MR) is 90.8 cm³/mol. The second-order valence-electron chi connectivity index (χ2n) is 5.76. The third kappa shape index (κ3) is 3.59. The Labute approximate surface area is 143 Å². The number of ether oxygens (including phenoxy) is 1. The zero-order valence-corrected chi connectivity index (χ0v) is 14.7. The summed E-state index contributed by atoms with van der Waals surface area (Å²) < 4.78 is 11.4. The molecule has 1 aliphatic rings. The van der Waals surface area contributed by atoms with Gasteiger partial charge in [0, 0.05) is 13.0 Å². The number of furan rings is 1. The van der Waals surface area contributed by atoms with Crippen molar-refractivity contribution in [1.29, 1.82) is 0 Å². The number of fused-ring (bicyclic) bond motifs is 1. The molecule has 1 amide bonds. The van der Waals surface area contributed by atoms with Gasteiger partial charge in [-0.25, -0.2) is 0 Å². The molecule has 0 aliphatic carbocycles. The van der Waals surface area contributed by atoms with Gasteiger partial charge < -0.3 is 19.4 Å². The van der Waals surface area contributed by atoms with E-state index in [1.807, 2.05) is 20.2 Å². The maximum Gasteiger partial charge on any atom is 0.287 e. The second kappa shape index (κ2) is 6.76. The Balaban J connectivity index is 1.71. The highest BCUT2D eigenvalue weighted by Gasteiger charge is 2.20. The number of likely N-dealkylation sites (N-methyl/N-ethyl adjacent to an activating group) is 1. The van der Waals surface area contributed by atoms with E-state index in [2.05, 4.69) is 38.3 Å². The first kappa shape index (κ1) is 16.1. The topological polar surface area (TPSA) is 54.7 Å². The monoisotopic (exact) mass is 378 g/mol. The van der Waals surface area contributed by atoms with Crippen molar-refractivity contribution in [3.63, 3.8) is 0 Å². The first-order valence-corrected chi connectivity index (χ1v) is 8.29. The van der Waals surface area contributed by atoms with E-state index >= 15 is 0 Å². The van der Waals surface area contributed by atoms with E-state index in [9.17, 15) is 4.79 Å². The van der Waals surface area contributed by atoms with E-state index in [-0.39, 0.29) is 11.9 Å². The first-order chi connectivity index (χ1) is 11.0. The van der Waals surface area contributed by atoms with E-state index in [0.29, 0.717) is 17.0 Å². The van der Waals surface area contributed by atoms with Crippen molar-refractivity contribution in [2.24, 2.45) is 0 Å². The number of carbonyl (C=O) groups excluding carboxylic acids is 1. The van der Waals surface area contributed by atoms with Gasteiger partial charge in [0.05, 0.1) is 12.6 Å². The fourth-order valence-corrected chi connectivity index (χ4v) is 3.03. The highest BCUT2D eigenvalue weighted by Crippen LogP contribution is 2.29. The maximum absolute atomic E-state index is 12.1. The van der Waals surface area contributed by atoms with Crippen LogP contribution in [0.5, 0.6) is 5.75 Å². The van der Waals surface area contributed by atoms with Crippen LogP contribution in [-0.4, -0.2) is 38.1 Å². The molecule has 3 rings (SSSR count). The highest BCUT2D eigenvalue weighted by atomic mass is 79.9. The molecule has 0 spiro atoms. The molecular weight excluding hydrogens is 360 g/mol. The van der Waals surface area contributed by atoms with Gasteiger partial charge in [0.25, 0.3) is 5.91 Å². The summed E-state index contributed by atoms with van der Waals surface area (Å²) in [5.41, 5.74) is 2.40. The van der Waals surface area contributed by atoms with E-state index in [1.165, 1.54) is 11.1 Å². The molecule has 1 aromatic heterocycles. The van der Waals surface area contributed by atoms with Gasteiger partial charge in [0.1, 0.15) is 5.75 Å². The molecule has 0 saturated carbocycles. The Morgan fingerprint density at radius 3 is 2.87 bits per heavy atom. The number of hydrogen-bond donors (Lipinski definition) is 1. The molecule has 0 bridgehead atoms. The summed E-state index contributed by atoms with van der Waals surface area (Å²) in [6.07, 6.45) is 0.941. The molecule has 0 saturated heterocycles. The lowest BCUT2D eigenvalue weighted by atomic mass is 10.0. The van der Waals surface area contributed by atoms with Gasteiger partial charge in [0.15, 0.2) is 10.4 Å². The largest absolute Gasteiger partial charge is 0.493 e. The normalized spacial score (nSPS) is 14.4. The van der Waals surface area contributed by atoms with Gasteiger partial charge >= 0.3 is 0 Å². The summed E-state index contributed by atoms with van der Waals surface area (Å²) in [7, 11) is 4.01. The predicted octanol–water partition coefficient (Wildman–Crippen LogP) is 3.01. The van der Waals surface area contributed by atoms with Gasteiger partial charge in [-0.2, -0.15) is 0 Å². The second-order valence-corrected chi connectivity index (χ2v) is 6.54. The molecule has 23 heavy (non-hydrogen) atoms. The van der Waals surface area contributed by atoms with Crippen LogP contribution in [0, 0.1) is 0 Å². The van der Waals surface area contributed by atoms with Crippen LogP contribution in [0.25, 0.3) is 0 Å². The zero-order chi connectivity index (χ0) is 16.4. The fourth-order valence-electron chi connectivity index (χ4n) is 2.73. The number of carbonyl (C=O) groups is 1. The van der Waals surface area contributed by atoms with Crippen molar-refractivity contribution in [3.8, 4) is 5.75 Å². The third-order valence-corrected chi connectivity index (χ3v) is 4.40. The van der Waals surface area contributed by atoms with Crippen LogP contribution < -0.4 is 10.1 Å². The lowest BCUT2D eigenvalue weighted by Gasteiger charge is -2.25. The van der Waals surface area contributed by atoms with Crippen LogP contribution in [0.4, 0.5) is 0 Å². The molecule has 2 aromatic rings. The number of nitrogens with one attached hydrogen (secondary N) is 1. The average molecular weight is 379 g/mol. The molecule has 1 unspecified atom stereocenters. The summed E-state index contributed by atoms with van der Waals surface area (Å²) in [6, 6.07) is 9.69. The van der Waals surface area contributed by atoms with Gasteiger partial charge in [-0.05, 0) is 59.4 Å². The Kier molecular flexibility index (Phi) is 4.73. The molecule has 1 atom stereocenters. The number of amides is 1. The molecule has 6 heteroatoms. The van der Waals surface area contributed by atoms with Crippen molar-refractivity contribution < 1.29 is 13.9 Å². The first-order valence-electron chi connectivity index (χ1n) is 7.50. The molecule has 0 radical (unpaired) electrons. The molecule has 1 N–H and O–H groups in total. The van der Waals surface area contributed by atoms with Crippen LogP contribution in [0.2, 0.25) is 0 Å². The average Bonchev–Trinajstić information content (AvgIpc) is 3.15. The Morgan fingerprint density at radius 1 is 1.35 bits per heavy atom. The van der Waals surface area contributed by atoms with Gasteiger partial charge in [0.2, 0.25) is 0 Å². The molecule has 2 heterocycles. The van der Waals surface area contributed by atoms with Crippen LogP contribution in [0.1, 0.15) is 27.7 Å². The minimum atomic E-state index is -0.216. The van der Waals surface area contributed by atoms with E-state index in [0.717, 1.165) is 18.8 Å². The Bertz CT molecular complexity index is 712. The standard InChI is InChI=1S/C17H19BrN2O3/c1-20(2)13(10-19-17(21)15-5-6-16(18)23-15)11-3-4-14-12(9-11)7-8-22-14/h3-6,9,13H,7-8,10H2,1-2H3,(H,19,21). The van der Waals surface area contributed by atoms with Crippen molar-refractivity contribution in [2.45, 2.75) is 12.5 Å². The molecular formula is C17H19BrN2O3. The summed E-state index contributed by atoms with van der Waals surface area (Å²) >= 11 is 3.20. The van der Waals surface area contributed by atoms with Crippen molar-refractivity contribution in [3.05, 3.63) is 51.9 Å². The number of halogens is 1. The summed E-state index contributed by atoms with van der Waals surface area (Å²) in [6.45, 7) is 1.25. The maximum atomic E-state index is 12.1. The highest BCUT2D eigenvalue weighted by molar-refractivity contribution is 9.10. The van der Waals surface area contributed by atoms with Crippen molar-refractivity contribution in [1.82, 2.24) is 10.2 Å². The fraction of sp³-hybridized carbons (Fsp3) is 0.353. The zero-order valence-electron chi connectivity index (χ0n) is 13.1. The lowest BCUT2D eigenvalue weighted by molar-refractivity contribution is 0.0913. The SMILES string of the molecule is CN(C)C(CNC(=O)c1ccc(Br)o1)c1ccc2c(c1)CCO2. The van der Waals surface area contributed by atoms with Gasteiger partial charge in [-0.15, -0.1) is 0 Å². The van der Waals surface area contributed by atoms with Crippen LogP contribution >= 0.6 is 15.9 Å². The number of hydrogen-bond acceptors (Lipinski definition) is 4. The summed E-state index contributed by atoms with van der Waals surface area (Å²) in [5.74, 6) is 1.06. The molecule has 0 fully saturated rings. The van der Waals surface area contributed by atoms with Crippen LogP contribution in [-0.2, 0) is 6.42 Å². The third-order valence-electron chi connectivity index (χ3n) is 3.97. The van der Waals surface area contributed by atoms with E-state index in [1.54, 1.807) is 12.1 Å². The minimum absolute atomic E-state index is 0.0863. The Morgan fingerprint density at radius 2 is 2.17 bits per heavy atom. The molecule has 122 valence electrons. The number of benzene rings is 1. The minimum Gasteiger partial charge on any atom is -0.493 e. The molecule has 5 nitrogen and oxygen atoms in total. The summed E-state index contributed by atoms with van der Waals surface area (Å²) in [4.78, 5) is 14.2. The van der Waals surface area contributed by atoms with Crippen LogP contribution in [0.15, 0.2) is 39.4 Å². The van der Waals surface area contributed by atoms with E-state index in [4.69, 9.17) is 9.15 Å². The van der Waals surface area contributed by atoms with E-state index < -0.39 is 0 Å². The smallest absolute Gasteiger partial charge is 0.287 e. The lowest BCUT2D eigenvalue weighted by Crippen LogP contribution is -2.34. The number of rotatable bonds is 5. The van der Waals surface area contributed by atoms with Crippen LogP contribution in [0.3, 0.4) is 0 Å². The van der Waals surface area contributed by atoms with Gasteiger partial charge in [-0.1, -0.05) is 12.1 Å². The molecule has 1 aromatic carbocycles. The number of nitrogens with zero attached hydrogens (tertiary/aromatic N) is 1. The van der Waals surface area contributed by atoms with Crippen molar-refractivity contribution in [2.75, 3.05) is 27.2 Å². The van der Waals surface area contributed by atoms with Crippen molar-refractivity contribution >= 4 is 21.8 Å². The quantitative estimate of drug-likeness (QED) is 0.868. The van der Waals surface area contributed by atoms with Gasteiger partial charge in [-0.3, -0.25) is 4.79 Å². The summed E-state index contributed by atoms with van der Waals surface area (Å²) in [5, 5.41) is 2.93.